The number of anilines is 1. The molecule has 0 bridgehead atoms. The number of rotatable bonds is 5. The molecule has 4 heteroatoms. The number of carbonyl (C=O) groups is 1. The summed E-state index contributed by atoms with van der Waals surface area (Å²) in [5, 5.41) is 3.26. The number of para-hydroxylation sites is 1. The molecule has 4 nitrogen and oxygen atoms in total. The maximum Gasteiger partial charge on any atom is 0.214 e. The number of amides is 1. The van der Waals surface area contributed by atoms with E-state index in [4.69, 9.17) is 0 Å². The summed E-state index contributed by atoms with van der Waals surface area (Å²) >= 11 is 0. The molecule has 1 aromatic rings. The molecule has 1 aliphatic rings. The predicted molar refractivity (Wildman–Crippen MR) is 89.7 cm³/mol. The van der Waals surface area contributed by atoms with Crippen molar-refractivity contribution in [2.45, 2.75) is 32.2 Å². The minimum absolute atomic E-state index is 0.107. The first-order valence-corrected chi connectivity index (χ1v) is 7.85. The second-order valence-electron chi connectivity index (χ2n) is 5.37. The highest BCUT2D eigenvalue weighted by Crippen LogP contribution is 2.31. The number of likely N-dealkylation sites (tertiary alicyclic amines) is 1. The lowest BCUT2D eigenvalue weighted by Crippen LogP contribution is -2.59. The minimum Gasteiger partial charge on any atom is -0.317 e. The molecule has 21 heavy (non-hydrogen) atoms. The second kappa shape index (κ2) is 8.80. The molecule has 1 heterocycles. The van der Waals surface area contributed by atoms with Gasteiger partial charge in [-0.2, -0.15) is 0 Å². The van der Waals surface area contributed by atoms with E-state index in [0.717, 1.165) is 44.6 Å². The summed E-state index contributed by atoms with van der Waals surface area (Å²) in [6.07, 6.45) is 2.98. The van der Waals surface area contributed by atoms with Crippen molar-refractivity contribution in [2.24, 2.45) is 0 Å². The molecule has 1 aliphatic heterocycles. The molecular weight excluding hydrogens is 262 g/mol. The van der Waals surface area contributed by atoms with Crippen molar-refractivity contribution >= 4 is 12.1 Å². The van der Waals surface area contributed by atoms with Crippen LogP contribution in [0.5, 0.6) is 0 Å². The van der Waals surface area contributed by atoms with Crippen LogP contribution in [0.4, 0.5) is 5.69 Å². The number of benzene rings is 1. The molecule has 1 saturated heterocycles. The van der Waals surface area contributed by atoms with Crippen LogP contribution in [0.2, 0.25) is 0 Å². The molecule has 0 atom stereocenters. The molecule has 0 spiro atoms. The van der Waals surface area contributed by atoms with Crippen molar-refractivity contribution in [3.05, 3.63) is 30.3 Å². The van der Waals surface area contributed by atoms with Crippen molar-refractivity contribution in [3.8, 4) is 0 Å². The van der Waals surface area contributed by atoms with E-state index < -0.39 is 0 Å². The number of hydrogen-bond donors (Lipinski definition) is 1. The lowest BCUT2D eigenvalue weighted by molar-refractivity contribution is -0.108. The van der Waals surface area contributed by atoms with Gasteiger partial charge in [-0.05, 0) is 39.1 Å². The van der Waals surface area contributed by atoms with E-state index in [1.807, 2.05) is 56.1 Å². The van der Waals surface area contributed by atoms with Crippen LogP contribution in [0.1, 0.15) is 26.7 Å². The smallest absolute Gasteiger partial charge is 0.214 e. The number of nitrogens with one attached hydrogen (secondary N) is 1. The van der Waals surface area contributed by atoms with E-state index in [9.17, 15) is 4.79 Å². The van der Waals surface area contributed by atoms with E-state index >= 15 is 0 Å². The molecule has 1 N–H and O–H groups in total. The highest BCUT2D eigenvalue weighted by atomic mass is 16.1. The number of likely N-dealkylation sites (N-methyl/N-ethyl adjacent to an activating group) is 1. The predicted octanol–water partition coefficient (Wildman–Crippen LogP) is 2.36. The fraction of sp³-hybridized carbons (Fsp3) is 0.588. The van der Waals surface area contributed by atoms with Gasteiger partial charge in [0, 0.05) is 25.3 Å². The van der Waals surface area contributed by atoms with E-state index in [0.29, 0.717) is 0 Å². The molecule has 0 aromatic heterocycles. The first-order valence-electron chi connectivity index (χ1n) is 7.85. The standard InChI is InChI=1S/C15H23N3O.C2H6/c1-16-12-15(8-10-17(2)11-9-15)18(13-19)14-6-4-3-5-7-14;1-2/h3-7,13,16H,8-12H2,1-2H3;1-2H3. The number of nitrogens with zero attached hydrogens (tertiary/aromatic N) is 2. The number of carbonyl (C=O) groups excluding carboxylic acids is 1. The first-order chi connectivity index (χ1) is 10.2. The normalized spacial score (nSPS) is 17.5. The summed E-state index contributed by atoms with van der Waals surface area (Å²) in [4.78, 5) is 15.9. The molecule has 118 valence electrons. The molecule has 0 aliphatic carbocycles. The topological polar surface area (TPSA) is 35.6 Å². The van der Waals surface area contributed by atoms with Crippen molar-refractivity contribution in [1.82, 2.24) is 10.2 Å². The zero-order valence-electron chi connectivity index (χ0n) is 13.8. The largest absolute Gasteiger partial charge is 0.317 e. The Bertz CT molecular complexity index is 400. The van der Waals surface area contributed by atoms with Gasteiger partial charge in [0.25, 0.3) is 0 Å². The van der Waals surface area contributed by atoms with Crippen molar-refractivity contribution in [2.75, 3.05) is 38.6 Å². The quantitative estimate of drug-likeness (QED) is 0.846. The van der Waals surface area contributed by atoms with Gasteiger partial charge in [0.15, 0.2) is 0 Å². The van der Waals surface area contributed by atoms with E-state index in [1.165, 1.54) is 0 Å². The van der Waals surface area contributed by atoms with Crippen LogP contribution in [-0.2, 0) is 4.79 Å². The maximum absolute atomic E-state index is 11.7. The Hall–Kier alpha value is -1.39. The zero-order valence-corrected chi connectivity index (χ0v) is 13.8. The Morgan fingerprint density at radius 3 is 2.29 bits per heavy atom. The van der Waals surface area contributed by atoms with Crippen LogP contribution in [0.3, 0.4) is 0 Å². The minimum atomic E-state index is -0.107. The van der Waals surface area contributed by atoms with Gasteiger partial charge in [-0.15, -0.1) is 0 Å². The van der Waals surface area contributed by atoms with Crippen LogP contribution in [0.15, 0.2) is 30.3 Å². The Morgan fingerprint density at radius 1 is 1.24 bits per heavy atom. The number of hydrogen-bond acceptors (Lipinski definition) is 3. The lowest BCUT2D eigenvalue weighted by atomic mass is 9.85. The molecule has 0 unspecified atom stereocenters. The van der Waals surface area contributed by atoms with E-state index in [-0.39, 0.29) is 5.54 Å². The van der Waals surface area contributed by atoms with Gasteiger partial charge in [0.05, 0.1) is 5.54 Å². The van der Waals surface area contributed by atoms with Crippen molar-refractivity contribution in [1.29, 1.82) is 0 Å². The SMILES string of the molecule is CC.CNCC1(N(C=O)c2ccccc2)CCN(C)CC1. The highest BCUT2D eigenvalue weighted by molar-refractivity contribution is 5.77. The Kier molecular flexibility index (Phi) is 7.40. The summed E-state index contributed by atoms with van der Waals surface area (Å²) in [6.45, 7) is 6.88. The molecule has 1 aromatic carbocycles. The monoisotopic (exact) mass is 291 g/mol. The van der Waals surface area contributed by atoms with Crippen molar-refractivity contribution in [3.63, 3.8) is 0 Å². The van der Waals surface area contributed by atoms with Crippen LogP contribution in [-0.4, -0.2) is 50.6 Å². The van der Waals surface area contributed by atoms with Gasteiger partial charge in [-0.25, -0.2) is 0 Å². The molecular formula is C17H29N3O. The fourth-order valence-corrected chi connectivity index (χ4v) is 2.90. The summed E-state index contributed by atoms with van der Waals surface area (Å²) in [7, 11) is 4.09. The second-order valence-corrected chi connectivity index (χ2v) is 5.37. The van der Waals surface area contributed by atoms with Gasteiger partial charge in [0.1, 0.15) is 0 Å². The summed E-state index contributed by atoms with van der Waals surface area (Å²) in [5.41, 5.74) is 0.877. The summed E-state index contributed by atoms with van der Waals surface area (Å²) in [5.74, 6) is 0. The lowest BCUT2D eigenvalue weighted by Gasteiger charge is -2.46. The van der Waals surface area contributed by atoms with Crippen molar-refractivity contribution < 1.29 is 4.79 Å². The van der Waals surface area contributed by atoms with Crippen LogP contribution >= 0.6 is 0 Å². The average molecular weight is 291 g/mol. The third-order valence-corrected chi connectivity index (χ3v) is 4.07. The number of piperidine rings is 1. The Balaban J connectivity index is 0.00000106. The molecule has 2 rings (SSSR count). The summed E-state index contributed by atoms with van der Waals surface area (Å²) < 4.78 is 0. The van der Waals surface area contributed by atoms with Gasteiger partial charge in [0.2, 0.25) is 6.41 Å². The average Bonchev–Trinajstić information content (AvgIpc) is 2.54. The molecule has 1 fully saturated rings. The summed E-state index contributed by atoms with van der Waals surface area (Å²) in [6, 6.07) is 9.95. The van der Waals surface area contributed by atoms with Gasteiger partial charge in [-0.1, -0.05) is 32.0 Å². The van der Waals surface area contributed by atoms with Gasteiger partial charge >= 0.3 is 0 Å². The Labute approximate surface area is 129 Å². The van der Waals surface area contributed by atoms with E-state index in [2.05, 4.69) is 17.3 Å². The van der Waals surface area contributed by atoms with E-state index in [1.54, 1.807) is 0 Å². The van der Waals surface area contributed by atoms with Crippen LogP contribution < -0.4 is 10.2 Å². The van der Waals surface area contributed by atoms with Gasteiger partial charge < -0.3 is 15.1 Å². The van der Waals surface area contributed by atoms with Gasteiger partial charge in [-0.3, -0.25) is 4.79 Å². The fourth-order valence-electron chi connectivity index (χ4n) is 2.90. The van der Waals surface area contributed by atoms with Crippen LogP contribution in [0.25, 0.3) is 0 Å². The maximum atomic E-state index is 11.7. The third-order valence-electron chi connectivity index (χ3n) is 4.07. The Morgan fingerprint density at radius 2 is 1.81 bits per heavy atom. The van der Waals surface area contributed by atoms with Crippen LogP contribution in [0, 0.1) is 0 Å². The molecule has 0 saturated carbocycles. The highest BCUT2D eigenvalue weighted by Gasteiger charge is 2.39. The third kappa shape index (κ3) is 4.29. The first kappa shape index (κ1) is 17.7. The zero-order chi connectivity index (χ0) is 15.7. The molecule has 0 radical (unpaired) electrons. The molecule has 1 amide bonds.